The Balaban J connectivity index is 1.25. The van der Waals surface area contributed by atoms with Crippen molar-refractivity contribution in [3.63, 3.8) is 0 Å². The topological polar surface area (TPSA) is 66.4 Å². The van der Waals surface area contributed by atoms with Gasteiger partial charge in [-0.1, -0.05) is 6.07 Å². The van der Waals surface area contributed by atoms with E-state index in [1.54, 1.807) is 11.3 Å². The number of rotatable bonds is 5. The van der Waals surface area contributed by atoms with Crippen LogP contribution in [0.4, 0.5) is 11.6 Å². The molecule has 0 spiro atoms. The Bertz CT molecular complexity index is 986. The summed E-state index contributed by atoms with van der Waals surface area (Å²) >= 11 is 8.02. The van der Waals surface area contributed by atoms with Crippen LogP contribution in [0.15, 0.2) is 30.5 Å². The van der Waals surface area contributed by atoms with Crippen molar-refractivity contribution < 1.29 is 4.74 Å². The maximum Gasteiger partial charge on any atom is 0.224 e. The van der Waals surface area contributed by atoms with Crippen molar-refractivity contribution in [3.05, 3.63) is 40.6 Å². The lowest BCUT2D eigenvalue weighted by Crippen LogP contribution is -2.38. The lowest BCUT2D eigenvalue weighted by atomic mass is 10.0. The Morgan fingerprint density at radius 2 is 1.97 bits per heavy atom. The predicted molar refractivity (Wildman–Crippen MR) is 122 cm³/mol. The Labute approximate surface area is 185 Å². The molecule has 0 unspecified atom stereocenters. The van der Waals surface area contributed by atoms with Gasteiger partial charge in [0, 0.05) is 49.8 Å². The fourth-order valence-electron chi connectivity index (χ4n) is 4.12. The van der Waals surface area contributed by atoms with Crippen molar-refractivity contribution >= 4 is 44.8 Å². The highest BCUT2D eigenvalue weighted by Crippen LogP contribution is 2.34. The molecule has 5 heterocycles. The van der Waals surface area contributed by atoms with E-state index in [2.05, 4.69) is 36.1 Å². The number of morpholine rings is 1. The van der Waals surface area contributed by atoms with Gasteiger partial charge in [0.2, 0.25) is 5.28 Å². The number of halogens is 1. The van der Waals surface area contributed by atoms with Gasteiger partial charge < -0.3 is 15.0 Å². The zero-order valence-electron chi connectivity index (χ0n) is 16.8. The lowest BCUT2D eigenvalue weighted by Gasteiger charge is -2.32. The third-order valence-electron chi connectivity index (χ3n) is 5.67. The molecular weight excluding hydrogens is 420 g/mol. The maximum atomic E-state index is 6.23. The number of piperidine rings is 1. The zero-order chi connectivity index (χ0) is 20.3. The number of nitrogens with zero attached hydrogens (tertiary/aromatic N) is 5. The summed E-state index contributed by atoms with van der Waals surface area (Å²) in [5.41, 5.74) is 0.947. The summed E-state index contributed by atoms with van der Waals surface area (Å²) in [6, 6.07) is 8.65. The van der Waals surface area contributed by atoms with E-state index in [1.807, 2.05) is 24.4 Å². The fourth-order valence-corrected chi connectivity index (χ4v) is 5.44. The fraction of sp³-hybridized carbons (Fsp3) is 0.476. The lowest BCUT2D eigenvalue weighted by molar-refractivity contribution is 0.122. The summed E-state index contributed by atoms with van der Waals surface area (Å²) in [4.78, 5) is 19.5. The molecule has 0 bridgehead atoms. The molecule has 3 aromatic rings. The van der Waals surface area contributed by atoms with Gasteiger partial charge in [0.05, 0.1) is 23.4 Å². The second kappa shape index (κ2) is 9.01. The minimum absolute atomic E-state index is 0.315. The third-order valence-corrected chi connectivity index (χ3v) is 6.95. The van der Waals surface area contributed by atoms with Crippen LogP contribution in [-0.2, 0) is 11.3 Å². The summed E-state index contributed by atoms with van der Waals surface area (Å²) in [7, 11) is 0. The average Bonchev–Trinajstić information content (AvgIpc) is 3.18. The third kappa shape index (κ3) is 4.51. The molecule has 0 saturated carbocycles. The molecule has 0 aromatic carbocycles. The summed E-state index contributed by atoms with van der Waals surface area (Å²) in [5.74, 6) is 1.91. The van der Waals surface area contributed by atoms with Gasteiger partial charge in [-0.3, -0.25) is 4.90 Å². The van der Waals surface area contributed by atoms with E-state index < -0.39 is 0 Å². The highest BCUT2D eigenvalue weighted by Gasteiger charge is 2.22. The molecule has 2 aliphatic heterocycles. The van der Waals surface area contributed by atoms with Crippen LogP contribution < -0.4 is 10.2 Å². The van der Waals surface area contributed by atoms with Gasteiger partial charge in [-0.25, -0.2) is 9.97 Å². The van der Waals surface area contributed by atoms with E-state index >= 15 is 0 Å². The predicted octanol–water partition coefficient (Wildman–Crippen LogP) is 3.65. The zero-order valence-corrected chi connectivity index (χ0v) is 18.3. The van der Waals surface area contributed by atoms with Crippen LogP contribution in [0.5, 0.6) is 0 Å². The second-order valence-corrected chi connectivity index (χ2v) is 9.23. The molecule has 9 heteroatoms. The first-order chi connectivity index (χ1) is 14.7. The number of thiophene rings is 1. The highest BCUT2D eigenvalue weighted by atomic mass is 35.5. The average molecular weight is 445 g/mol. The summed E-state index contributed by atoms with van der Waals surface area (Å²) < 4.78 is 6.61. The molecule has 1 N–H and O–H groups in total. The summed E-state index contributed by atoms with van der Waals surface area (Å²) in [5, 5.41) is 3.87. The highest BCUT2D eigenvalue weighted by molar-refractivity contribution is 7.19. The van der Waals surface area contributed by atoms with Crippen molar-refractivity contribution in [2.24, 2.45) is 0 Å². The van der Waals surface area contributed by atoms with Crippen LogP contribution in [0.25, 0.3) is 10.2 Å². The Hall–Kier alpha value is -2.00. The van der Waals surface area contributed by atoms with Gasteiger partial charge in [0.15, 0.2) is 5.82 Å². The van der Waals surface area contributed by atoms with Crippen molar-refractivity contribution in [2.45, 2.75) is 25.4 Å². The molecular formula is C21H25ClN6OS. The van der Waals surface area contributed by atoms with Crippen LogP contribution in [0, 0.1) is 0 Å². The Kier molecular flexibility index (Phi) is 5.99. The van der Waals surface area contributed by atoms with Crippen LogP contribution in [-0.4, -0.2) is 65.3 Å². The van der Waals surface area contributed by atoms with E-state index in [9.17, 15) is 0 Å². The van der Waals surface area contributed by atoms with Crippen molar-refractivity contribution in [3.8, 4) is 0 Å². The first-order valence-corrected chi connectivity index (χ1v) is 11.6. The van der Waals surface area contributed by atoms with Crippen LogP contribution in [0.2, 0.25) is 5.28 Å². The smallest absolute Gasteiger partial charge is 0.224 e. The van der Waals surface area contributed by atoms with Gasteiger partial charge >= 0.3 is 0 Å². The van der Waals surface area contributed by atoms with Gasteiger partial charge in [-0.2, -0.15) is 4.98 Å². The molecule has 2 fully saturated rings. The van der Waals surface area contributed by atoms with E-state index in [0.717, 1.165) is 80.6 Å². The van der Waals surface area contributed by atoms with Gasteiger partial charge in [0.1, 0.15) is 5.82 Å². The monoisotopic (exact) mass is 444 g/mol. The molecule has 0 atom stereocenters. The molecule has 0 radical (unpaired) electrons. The number of hydrogen-bond acceptors (Lipinski definition) is 8. The van der Waals surface area contributed by atoms with E-state index in [4.69, 9.17) is 16.3 Å². The van der Waals surface area contributed by atoms with Gasteiger partial charge in [-0.05, 0) is 42.6 Å². The van der Waals surface area contributed by atoms with Crippen LogP contribution in [0.3, 0.4) is 0 Å². The van der Waals surface area contributed by atoms with Gasteiger partial charge in [0.25, 0.3) is 0 Å². The minimum Gasteiger partial charge on any atom is -0.378 e. The van der Waals surface area contributed by atoms with E-state index in [-0.39, 0.29) is 0 Å². The Morgan fingerprint density at radius 3 is 2.73 bits per heavy atom. The van der Waals surface area contributed by atoms with Crippen LogP contribution in [0.1, 0.15) is 17.7 Å². The molecule has 0 amide bonds. The molecule has 30 heavy (non-hydrogen) atoms. The molecule has 2 aliphatic rings. The second-order valence-electron chi connectivity index (χ2n) is 7.75. The number of pyridine rings is 1. The number of ether oxygens (including phenoxy) is 1. The molecule has 2 saturated heterocycles. The number of anilines is 2. The SMILES string of the molecule is Clc1nc(N2CCOCC2)c2sc(CN3CCC(Nc4ccccn4)CC3)cc2n1. The Morgan fingerprint density at radius 1 is 1.13 bits per heavy atom. The first-order valence-electron chi connectivity index (χ1n) is 10.4. The van der Waals surface area contributed by atoms with Crippen molar-refractivity contribution in [2.75, 3.05) is 49.6 Å². The number of fused-ring (bicyclic) bond motifs is 1. The quantitative estimate of drug-likeness (QED) is 0.602. The number of likely N-dealkylation sites (tertiary alicyclic amines) is 1. The molecule has 158 valence electrons. The molecule has 5 rings (SSSR count). The van der Waals surface area contributed by atoms with Crippen LogP contribution >= 0.6 is 22.9 Å². The van der Waals surface area contributed by atoms with Crippen molar-refractivity contribution in [1.82, 2.24) is 19.9 Å². The number of aromatic nitrogens is 3. The molecule has 0 aliphatic carbocycles. The van der Waals surface area contributed by atoms with E-state index in [0.29, 0.717) is 11.3 Å². The van der Waals surface area contributed by atoms with E-state index in [1.165, 1.54) is 4.88 Å². The molecule has 7 nitrogen and oxygen atoms in total. The summed E-state index contributed by atoms with van der Waals surface area (Å²) in [6.07, 6.45) is 4.07. The maximum absolute atomic E-state index is 6.23. The molecule has 3 aromatic heterocycles. The van der Waals surface area contributed by atoms with Gasteiger partial charge in [-0.15, -0.1) is 11.3 Å². The van der Waals surface area contributed by atoms with Crippen molar-refractivity contribution in [1.29, 1.82) is 0 Å². The summed E-state index contributed by atoms with van der Waals surface area (Å²) in [6.45, 7) is 6.21. The minimum atomic E-state index is 0.315. The number of nitrogens with one attached hydrogen (secondary N) is 1. The largest absolute Gasteiger partial charge is 0.378 e. The number of hydrogen-bond donors (Lipinski definition) is 1. The standard InChI is InChI=1S/C21H25ClN6OS/c22-21-25-17-13-16(30-19(17)20(26-21)28-9-11-29-12-10-28)14-27-7-4-15(5-8-27)24-18-3-1-2-6-23-18/h1-3,6,13,15H,4-5,7-12,14H2,(H,23,24). The normalized spacial score (nSPS) is 18.8. The first kappa shape index (κ1) is 19.9.